The molecule has 0 aliphatic heterocycles. The normalized spacial score (nSPS) is 53.8. The molecule has 8 unspecified atom stereocenters. The van der Waals surface area contributed by atoms with Crippen LogP contribution in [0.3, 0.4) is 0 Å². The second-order valence-electron chi connectivity index (χ2n) is 15.2. The van der Waals surface area contributed by atoms with Crippen molar-refractivity contribution in [3.05, 3.63) is 11.6 Å². The Balaban J connectivity index is 1.57. The van der Waals surface area contributed by atoms with Crippen LogP contribution in [-0.2, 0) is 0 Å². The Morgan fingerprint density at radius 1 is 0.781 bits per heavy atom. The number of aliphatic hydroxyl groups excluding tert-OH is 2. The SMILES string of the molecule is CC1(C)CCC2(CO)CC=C3C(C)(CCC4C3(C)CCC3C(C)(C)C(O)CCC43C)C2C1. The number of fused-ring (bicyclic) bond motifs is 7. The lowest BCUT2D eigenvalue weighted by Gasteiger charge is -2.70. The number of allylic oxidation sites excluding steroid dienone is 2. The van der Waals surface area contributed by atoms with Crippen molar-refractivity contribution >= 4 is 0 Å². The summed E-state index contributed by atoms with van der Waals surface area (Å²) in [4.78, 5) is 0. The van der Waals surface area contributed by atoms with Gasteiger partial charge in [-0.25, -0.2) is 0 Å². The number of rotatable bonds is 1. The summed E-state index contributed by atoms with van der Waals surface area (Å²) in [6, 6.07) is 0. The lowest BCUT2D eigenvalue weighted by atomic mass is 9.34. The summed E-state index contributed by atoms with van der Waals surface area (Å²) in [6.45, 7) is 17.8. The lowest BCUT2D eigenvalue weighted by molar-refractivity contribution is -0.186. The van der Waals surface area contributed by atoms with E-state index in [0.29, 0.717) is 29.3 Å². The standard InChI is InChI=1S/C30H50O2/c1-25(2)16-17-30(19-31)15-10-22-28(6)12-8-20-26(3,4)24(32)11-14-27(20,5)21(28)9-13-29(22,7)23(30)18-25/h10,20-21,23-24,31-32H,8-9,11-19H2,1-7H3. The average molecular weight is 443 g/mol. The Labute approximate surface area is 197 Å². The van der Waals surface area contributed by atoms with E-state index >= 15 is 0 Å². The van der Waals surface area contributed by atoms with E-state index in [1.54, 1.807) is 5.57 Å². The maximum absolute atomic E-state index is 10.9. The Kier molecular flexibility index (Phi) is 5.02. The van der Waals surface area contributed by atoms with Crippen LogP contribution in [0.25, 0.3) is 0 Å². The molecule has 32 heavy (non-hydrogen) atoms. The van der Waals surface area contributed by atoms with E-state index in [2.05, 4.69) is 54.5 Å². The van der Waals surface area contributed by atoms with Gasteiger partial charge >= 0.3 is 0 Å². The molecule has 2 heteroatoms. The summed E-state index contributed by atoms with van der Waals surface area (Å²) in [5.74, 6) is 1.95. The van der Waals surface area contributed by atoms with E-state index in [-0.39, 0.29) is 27.8 Å². The highest BCUT2D eigenvalue weighted by atomic mass is 16.3. The van der Waals surface area contributed by atoms with E-state index in [9.17, 15) is 10.2 Å². The molecule has 8 atom stereocenters. The van der Waals surface area contributed by atoms with Crippen LogP contribution in [0.15, 0.2) is 11.6 Å². The van der Waals surface area contributed by atoms with Gasteiger partial charge in [-0.3, -0.25) is 0 Å². The molecule has 0 saturated heterocycles. The molecule has 0 radical (unpaired) electrons. The van der Waals surface area contributed by atoms with Gasteiger partial charge in [0.05, 0.1) is 6.10 Å². The molecule has 0 heterocycles. The highest BCUT2D eigenvalue weighted by Crippen LogP contribution is 2.74. The fourth-order valence-corrected chi connectivity index (χ4v) is 10.9. The molecule has 0 aromatic heterocycles. The van der Waals surface area contributed by atoms with Gasteiger partial charge in [0.2, 0.25) is 0 Å². The molecule has 5 rings (SSSR count). The average Bonchev–Trinajstić information content (AvgIpc) is 2.71. The largest absolute Gasteiger partial charge is 0.396 e. The second kappa shape index (κ2) is 6.87. The molecule has 0 spiro atoms. The van der Waals surface area contributed by atoms with Crippen molar-refractivity contribution in [3.8, 4) is 0 Å². The Hall–Kier alpha value is -0.340. The zero-order valence-electron chi connectivity index (χ0n) is 22.1. The van der Waals surface area contributed by atoms with E-state index in [4.69, 9.17) is 0 Å². The highest BCUT2D eigenvalue weighted by Gasteiger charge is 2.67. The van der Waals surface area contributed by atoms with Crippen molar-refractivity contribution in [1.29, 1.82) is 0 Å². The Morgan fingerprint density at radius 3 is 2.06 bits per heavy atom. The van der Waals surface area contributed by atoms with E-state index in [1.807, 2.05) is 0 Å². The summed E-state index contributed by atoms with van der Waals surface area (Å²) in [5.41, 5.74) is 3.13. The zero-order valence-corrected chi connectivity index (χ0v) is 22.1. The Morgan fingerprint density at radius 2 is 1.41 bits per heavy atom. The quantitative estimate of drug-likeness (QED) is 0.424. The summed E-state index contributed by atoms with van der Waals surface area (Å²) in [6.07, 6.45) is 14.6. The van der Waals surface area contributed by atoms with Gasteiger partial charge in [0.15, 0.2) is 0 Å². The van der Waals surface area contributed by atoms with Gasteiger partial charge < -0.3 is 10.2 Å². The van der Waals surface area contributed by atoms with E-state index in [1.165, 1.54) is 51.4 Å². The minimum absolute atomic E-state index is 0.0233. The van der Waals surface area contributed by atoms with Gasteiger partial charge in [-0.05, 0) is 109 Å². The van der Waals surface area contributed by atoms with Crippen LogP contribution in [0.4, 0.5) is 0 Å². The monoisotopic (exact) mass is 442 g/mol. The zero-order chi connectivity index (χ0) is 23.4. The molecule has 0 aromatic rings. The molecular weight excluding hydrogens is 392 g/mol. The number of aliphatic hydroxyl groups is 2. The summed E-state index contributed by atoms with van der Waals surface area (Å²) in [7, 11) is 0. The van der Waals surface area contributed by atoms with Crippen LogP contribution in [0.1, 0.15) is 113 Å². The number of hydrogen-bond donors (Lipinski definition) is 2. The molecule has 5 aliphatic rings. The third-order valence-corrected chi connectivity index (χ3v) is 12.8. The Bertz CT molecular complexity index is 810. The van der Waals surface area contributed by atoms with Crippen molar-refractivity contribution in [2.24, 2.45) is 50.2 Å². The van der Waals surface area contributed by atoms with Crippen LogP contribution in [-0.4, -0.2) is 22.9 Å². The molecule has 5 aliphatic carbocycles. The predicted molar refractivity (Wildman–Crippen MR) is 132 cm³/mol. The minimum Gasteiger partial charge on any atom is -0.396 e. The third-order valence-electron chi connectivity index (χ3n) is 12.8. The van der Waals surface area contributed by atoms with Gasteiger partial charge in [-0.2, -0.15) is 0 Å². The molecule has 0 amide bonds. The summed E-state index contributed by atoms with van der Waals surface area (Å²) >= 11 is 0. The molecule has 2 N–H and O–H groups in total. The molecule has 182 valence electrons. The first-order chi connectivity index (χ1) is 14.8. The van der Waals surface area contributed by atoms with Crippen molar-refractivity contribution in [3.63, 3.8) is 0 Å². The molecule has 0 aromatic carbocycles. The van der Waals surface area contributed by atoms with Crippen molar-refractivity contribution in [2.45, 2.75) is 119 Å². The van der Waals surface area contributed by atoms with Crippen LogP contribution in [0.2, 0.25) is 0 Å². The van der Waals surface area contributed by atoms with Gasteiger partial charge in [-0.1, -0.05) is 60.1 Å². The van der Waals surface area contributed by atoms with Gasteiger partial charge in [0.25, 0.3) is 0 Å². The maximum Gasteiger partial charge on any atom is 0.0594 e. The fraction of sp³-hybridized carbons (Fsp3) is 0.933. The summed E-state index contributed by atoms with van der Waals surface area (Å²) in [5, 5.41) is 21.6. The van der Waals surface area contributed by atoms with Gasteiger partial charge in [0, 0.05) is 12.0 Å². The fourth-order valence-electron chi connectivity index (χ4n) is 10.9. The summed E-state index contributed by atoms with van der Waals surface area (Å²) < 4.78 is 0. The molecular formula is C30H50O2. The predicted octanol–water partition coefficient (Wildman–Crippen LogP) is 7.14. The van der Waals surface area contributed by atoms with Crippen LogP contribution in [0, 0.1) is 50.2 Å². The maximum atomic E-state index is 10.9. The van der Waals surface area contributed by atoms with Crippen molar-refractivity contribution in [1.82, 2.24) is 0 Å². The first kappa shape index (κ1) is 23.4. The van der Waals surface area contributed by atoms with Crippen LogP contribution < -0.4 is 0 Å². The second-order valence-corrected chi connectivity index (χ2v) is 15.2. The van der Waals surface area contributed by atoms with Crippen molar-refractivity contribution in [2.75, 3.05) is 6.61 Å². The smallest absolute Gasteiger partial charge is 0.0594 e. The minimum atomic E-state index is -0.151. The number of hydrogen-bond acceptors (Lipinski definition) is 2. The third kappa shape index (κ3) is 2.84. The van der Waals surface area contributed by atoms with E-state index < -0.39 is 0 Å². The van der Waals surface area contributed by atoms with Gasteiger partial charge in [0.1, 0.15) is 0 Å². The molecule has 0 bridgehead atoms. The molecule has 2 nitrogen and oxygen atoms in total. The first-order valence-corrected chi connectivity index (χ1v) is 13.8. The topological polar surface area (TPSA) is 40.5 Å². The highest BCUT2D eigenvalue weighted by molar-refractivity contribution is 5.35. The van der Waals surface area contributed by atoms with Crippen LogP contribution in [0.5, 0.6) is 0 Å². The van der Waals surface area contributed by atoms with E-state index in [0.717, 1.165) is 18.8 Å². The first-order valence-electron chi connectivity index (χ1n) is 13.8. The van der Waals surface area contributed by atoms with Crippen LogP contribution >= 0.6 is 0 Å². The molecule has 4 saturated carbocycles. The van der Waals surface area contributed by atoms with Crippen molar-refractivity contribution < 1.29 is 10.2 Å². The van der Waals surface area contributed by atoms with Gasteiger partial charge in [-0.15, -0.1) is 0 Å². The lowest BCUT2D eigenvalue weighted by Crippen LogP contribution is -2.63. The molecule has 4 fully saturated rings.